The predicted octanol–water partition coefficient (Wildman–Crippen LogP) is 4.89. The van der Waals surface area contributed by atoms with Crippen molar-refractivity contribution < 1.29 is 9.53 Å². The maximum Gasteiger partial charge on any atom is 0.194 e. The Kier molecular flexibility index (Phi) is 4.35. The Morgan fingerprint density at radius 2 is 1.74 bits per heavy atom. The van der Waals surface area contributed by atoms with E-state index in [2.05, 4.69) is 0 Å². The van der Waals surface area contributed by atoms with Crippen molar-refractivity contribution in [1.29, 1.82) is 0 Å². The Balaban J connectivity index is 2.44. The third-order valence-electron chi connectivity index (χ3n) is 2.59. The second kappa shape index (κ2) is 5.83. The summed E-state index contributed by atoms with van der Waals surface area (Å²) in [5, 5.41) is 1.24. The van der Waals surface area contributed by atoms with E-state index in [1.54, 1.807) is 30.3 Å². The van der Waals surface area contributed by atoms with Crippen molar-refractivity contribution in [3.8, 4) is 5.75 Å². The van der Waals surface area contributed by atoms with Crippen molar-refractivity contribution >= 4 is 40.6 Å². The van der Waals surface area contributed by atoms with Crippen LogP contribution in [0.15, 0.2) is 36.4 Å². The summed E-state index contributed by atoms with van der Waals surface area (Å²) >= 11 is 17.7. The molecule has 5 heteroatoms. The molecule has 2 nitrogen and oxygen atoms in total. The Labute approximate surface area is 125 Å². The second-order valence-electron chi connectivity index (χ2n) is 3.80. The number of methoxy groups -OCH3 is 1. The van der Waals surface area contributed by atoms with Gasteiger partial charge in [-0.1, -0.05) is 34.8 Å². The molecule has 0 aliphatic heterocycles. The molecule has 19 heavy (non-hydrogen) atoms. The molecule has 98 valence electrons. The van der Waals surface area contributed by atoms with E-state index in [1.807, 2.05) is 0 Å². The van der Waals surface area contributed by atoms with Gasteiger partial charge < -0.3 is 4.74 Å². The standard InChI is InChI=1S/C14H9Cl3O2/c1-19-13-6-8(2-5-11(13)16)14(18)10-4-3-9(15)7-12(10)17/h2-7H,1H3. The third kappa shape index (κ3) is 3.03. The highest BCUT2D eigenvalue weighted by Gasteiger charge is 2.15. The third-order valence-corrected chi connectivity index (χ3v) is 3.45. The number of halogens is 3. The summed E-state index contributed by atoms with van der Waals surface area (Å²) in [5.74, 6) is 0.231. The zero-order chi connectivity index (χ0) is 14.0. The van der Waals surface area contributed by atoms with Crippen LogP contribution < -0.4 is 4.74 Å². The monoisotopic (exact) mass is 314 g/mol. The average molecular weight is 316 g/mol. The van der Waals surface area contributed by atoms with E-state index in [1.165, 1.54) is 13.2 Å². The SMILES string of the molecule is COc1cc(C(=O)c2ccc(Cl)cc2Cl)ccc1Cl. The summed E-state index contributed by atoms with van der Waals surface area (Å²) in [6.07, 6.45) is 0. The Morgan fingerprint density at radius 1 is 1.00 bits per heavy atom. The van der Waals surface area contributed by atoms with Gasteiger partial charge in [0.05, 0.1) is 17.2 Å². The number of rotatable bonds is 3. The molecule has 0 atom stereocenters. The van der Waals surface area contributed by atoms with Crippen LogP contribution in [0.1, 0.15) is 15.9 Å². The molecule has 0 aromatic heterocycles. The highest BCUT2D eigenvalue weighted by Crippen LogP contribution is 2.28. The molecule has 2 aromatic rings. The summed E-state index contributed by atoms with van der Waals surface area (Å²) in [6, 6.07) is 9.55. The fourth-order valence-corrected chi connectivity index (χ4v) is 2.32. The van der Waals surface area contributed by atoms with E-state index >= 15 is 0 Å². The number of benzene rings is 2. The van der Waals surface area contributed by atoms with Crippen LogP contribution in [0.25, 0.3) is 0 Å². The minimum Gasteiger partial charge on any atom is -0.495 e. The number of ether oxygens (including phenoxy) is 1. The molecule has 0 fully saturated rings. The topological polar surface area (TPSA) is 26.3 Å². The molecule has 0 N–H and O–H groups in total. The molecule has 0 spiro atoms. The highest BCUT2D eigenvalue weighted by molar-refractivity contribution is 6.37. The lowest BCUT2D eigenvalue weighted by molar-refractivity contribution is 0.103. The van der Waals surface area contributed by atoms with Gasteiger partial charge in [0.2, 0.25) is 0 Å². The van der Waals surface area contributed by atoms with Crippen molar-refractivity contribution in [2.75, 3.05) is 7.11 Å². The Bertz CT molecular complexity index is 639. The van der Waals surface area contributed by atoms with Crippen LogP contribution >= 0.6 is 34.8 Å². The van der Waals surface area contributed by atoms with Crippen LogP contribution in [-0.2, 0) is 0 Å². The largest absolute Gasteiger partial charge is 0.495 e. The first-order chi connectivity index (χ1) is 9.02. The lowest BCUT2D eigenvalue weighted by atomic mass is 10.0. The van der Waals surface area contributed by atoms with E-state index in [-0.39, 0.29) is 5.78 Å². The van der Waals surface area contributed by atoms with Gasteiger partial charge >= 0.3 is 0 Å². The Hall–Kier alpha value is -1.22. The van der Waals surface area contributed by atoms with Crippen molar-refractivity contribution in [3.05, 3.63) is 62.6 Å². The van der Waals surface area contributed by atoms with Gasteiger partial charge in [-0.2, -0.15) is 0 Å². The molecule has 0 aliphatic rings. The van der Waals surface area contributed by atoms with Gasteiger partial charge in [-0.05, 0) is 36.4 Å². The first kappa shape index (κ1) is 14.2. The van der Waals surface area contributed by atoms with E-state index in [0.29, 0.717) is 31.9 Å². The molecular formula is C14H9Cl3O2. The van der Waals surface area contributed by atoms with Crippen molar-refractivity contribution in [1.82, 2.24) is 0 Å². The lowest BCUT2D eigenvalue weighted by Gasteiger charge is -2.07. The lowest BCUT2D eigenvalue weighted by Crippen LogP contribution is -2.02. The fraction of sp³-hybridized carbons (Fsp3) is 0.0714. The molecule has 0 aliphatic carbocycles. The van der Waals surface area contributed by atoms with E-state index in [9.17, 15) is 4.79 Å². The normalized spacial score (nSPS) is 10.3. The highest BCUT2D eigenvalue weighted by atomic mass is 35.5. The number of hydrogen-bond acceptors (Lipinski definition) is 2. The summed E-state index contributed by atoms with van der Waals surface area (Å²) < 4.78 is 5.08. The van der Waals surface area contributed by atoms with Gasteiger partial charge in [0.25, 0.3) is 0 Å². The first-order valence-electron chi connectivity index (χ1n) is 5.36. The van der Waals surface area contributed by atoms with E-state index < -0.39 is 0 Å². The number of ketones is 1. The summed E-state index contributed by atoms with van der Waals surface area (Å²) in [4.78, 5) is 12.3. The molecule has 0 saturated heterocycles. The zero-order valence-corrected chi connectivity index (χ0v) is 12.2. The summed E-state index contributed by atoms with van der Waals surface area (Å²) in [6.45, 7) is 0. The zero-order valence-electron chi connectivity index (χ0n) is 9.91. The van der Waals surface area contributed by atoms with Gasteiger partial charge in [-0.25, -0.2) is 0 Å². The predicted molar refractivity (Wildman–Crippen MR) is 77.9 cm³/mol. The minimum absolute atomic E-state index is 0.211. The molecule has 0 saturated carbocycles. The van der Waals surface area contributed by atoms with Crippen molar-refractivity contribution in [2.45, 2.75) is 0 Å². The van der Waals surface area contributed by atoms with E-state index in [0.717, 1.165) is 0 Å². The van der Waals surface area contributed by atoms with Gasteiger partial charge in [0, 0.05) is 16.1 Å². The van der Waals surface area contributed by atoms with Crippen LogP contribution in [0.2, 0.25) is 15.1 Å². The minimum atomic E-state index is -0.211. The first-order valence-corrected chi connectivity index (χ1v) is 6.49. The quantitative estimate of drug-likeness (QED) is 0.754. The van der Waals surface area contributed by atoms with Gasteiger partial charge in [0.15, 0.2) is 5.78 Å². The molecule has 0 amide bonds. The molecule has 0 unspecified atom stereocenters. The van der Waals surface area contributed by atoms with Gasteiger partial charge in [-0.3, -0.25) is 4.79 Å². The molecule has 2 aromatic carbocycles. The smallest absolute Gasteiger partial charge is 0.194 e. The summed E-state index contributed by atoms with van der Waals surface area (Å²) in [5.41, 5.74) is 0.834. The molecular weight excluding hydrogens is 307 g/mol. The van der Waals surface area contributed by atoms with Gasteiger partial charge in [0.1, 0.15) is 5.75 Å². The van der Waals surface area contributed by atoms with Crippen LogP contribution in [0.3, 0.4) is 0 Å². The molecule has 0 heterocycles. The molecule has 0 radical (unpaired) electrons. The Morgan fingerprint density at radius 3 is 2.37 bits per heavy atom. The number of hydrogen-bond donors (Lipinski definition) is 0. The molecule has 2 rings (SSSR count). The van der Waals surface area contributed by atoms with Crippen LogP contribution in [-0.4, -0.2) is 12.9 Å². The number of carbonyl (C=O) groups excluding carboxylic acids is 1. The average Bonchev–Trinajstić information content (AvgIpc) is 2.38. The van der Waals surface area contributed by atoms with Gasteiger partial charge in [-0.15, -0.1) is 0 Å². The van der Waals surface area contributed by atoms with Crippen LogP contribution in [0.4, 0.5) is 0 Å². The van der Waals surface area contributed by atoms with E-state index in [4.69, 9.17) is 39.5 Å². The van der Waals surface area contributed by atoms with Crippen molar-refractivity contribution in [3.63, 3.8) is 0 Å². The van der Waals surface area contributed by atoms with Crippen LogP contribution in [0.5, 0.6) is 5.75 Å². The molecule has 0 bridgehead atoms. The summed E-state index contributed by atoms with van der Waals surface area (Å²) in [7, 11) is 1.49. The fourth-order valence-electron chi connectivity index (χ4n) is 1.63. The number of carbonyl (C=O) groups is 1. The van der Waals surface area contributed by atoms with Crippen molar-refractivity contribution in [2.24, 2.45) is 0 Å². The van der Waals surface area contributed by atoms with Crippen LogP contribution in [0, 0.1) is 0 Å². The maximum atomic E-state index is 12.3. The second-order valence-corrected chi connectivity index (χ2v) is 5.05. The maximum absolute atomic E-state index is 12.3.